The Bertz CT molecular complexity index is 524. The van der Waals surface area contributed by atoms with Crippen molar-refractivity contribution in [2.24, 2.45) is 0 Å². The molecule has 0 aromatic rings. The molecule has 0 rings (SSSR count). The summed E-state index contributed by atoms with van der Waals surface area (Å²) >= 11 is 0. The number of aliphatic carboxylic acids is 1. The van der Waals surface area contributed by atoms with E-state index in [0.29, 0.717) is 4.48 Å². The Hall–Kier alpha value is -1.20. The lowest BCUT2D eigenvalue weighted by Crippen LogP contribution is -2.55. The molecule has 1 atom stereocenters. The summed E-state index contributed by atoms with van der Waals surface area (Å²) in [5, 5.41) is 21.6. The van der Waals surface area contributed by atoms with Crippen molar-refractivity contribution in [3.8, 4) is 0 Å². The first-order valence-corrected chi connectivity index (χ1v) is 13.0. The summed E-state index contributed by atoms with van der Waals surface area (Å²) in [7, 11) is 5.44. The Balaban J connectivity index is 3.78. The second kappa shape index (κ2) is 18.3. The van der Waals surface area contributed by atoms with Gasteiger partial charge in [-0.1, -0.05) is 103 Å². The molecule has 0 aromatic heterocycles. The Morgan fingerprint density at radius 2 is 1.19 bits per heavy atom. The van der Waals surface area contributed by atoms with Crippen molar-refractivity contribution in [3.63, 3.8) is 0 Å². The molecule has 0 fully saturated rings. The molecule has 0 amide bonds. The van der Waals surface area contributed by atoms with E-state index in [0.717, 1.165) is 19.3 Å². The molecule has 0 aliphatic heterocycles. The van der Waals surface area contributed by atoms with Crippen LogP contribution in [0.2, 0.25) is 0 Å². The Kier molecular flexibility index (Phi) is 17.6. The summed E-state index contributed by atoms with van der Waals surface area (Å²) in [4.78, 5) is 23.4. The van der Waals surface area contributed by atoms with Gasteiger partial charge in [0.1, 0.15) is 6.54 Å². The van der Waals surface area contributed by atoms with Gasteiger partial charge in [-0.05, 0) is 18.9 Å². The fourth-order valence-corrected chi connectivity index (χ4v) is 4.22. The van der Waals surface area contributed by atoms with Crippen molar-refractivity contribution >= 4 is 11.8 Å². The number of quaternary nitrogens is 1. The number of likely N-dealkylation sites (N-methyl/N-ethyl adjacent to an activating group) is 1. The molecule has 5 heteroatoms. The van der Waals surface area contributed by atoms with Crippen molar-refractivity contribution in [2.45, 2.75) is 122 Å². The van der Waals surface area contributed by atoms with Crippen molar-refractivity contribution in [3.05, 3.63) is 12.2 Å². The number of hydrogen-bond donors (Lipinski definition) is 1. The van der Waals surface area contributed by atoms with Crippen LogP contribution in [0.3, 0.4) is 0 Å². The first kappa shape index (κ1) is 30.8. The molecule has 0 aromatic carbocycles. The van der Waals surface area contributed by atoms with E-state index in [1.807, 2.05) is 21.1 Å². The summed E-state index contributed by atoms with van der Waals surface area (Å²) in [5.74, 6) is -1.96. The van der Waals surface area contributed by atoms with E-state index >= 15 is 0 Å². The number of carboxylic acids is 1. The van der Waals surface area contributed by atoms with Crippen LogP contribution in [0.1, 0.15) is 116 Å². The van der Waals surface area contributed by atoms with Gasteiger partial charge in [0.25, 0.3) is 0 Å². The fourth-order valence-electron chi connectivity index (χ4n) is 4.22. The van der Waals surface area contributed by atoms with Crippen LogP contribution in [-0.2, 0) is 9.59 Å². The van der Waals surface area contributed by atoms with Gasteiger partial charge < -0.3 is 19.5 Å². The van der Waals surface area contributed by atoms with Crippen LogP contribution in [0.4, 0.5) is 0 Å². The van der Waals surface area contributed by atoms with Crippen LogP contribution in [0.5, 0.6) is 0 Å². The first-order valence-electron chi connectivity index (χ1n) is 13.0. The van der Waals surface area contributed by atoms with Gasteiger partial charge in [-0.15, -0.1) is 0 Å². The van der Waals surface area contributed by atoms with Gasteiger partial charge in [0.15, 0.2) is 11.4 Å². The third kappa shape index (κ3) is 18.4. The lowest BCUT2D eigenvalue weighted by Gasteiger charge is -2.34. The number of nitrogens with zero attached hydrogens (tertiary/aromatic N) is 1. The minimum atomic E-state index is -1.91. The van der Waals surface area contributed by atoms with Gasteiger partial charge in [0.2, 0.25) is 0 Å². The molecular formula is C27H51NO4. The monoisotopic (exact) mass is 453 g/mol. The highest BCUT2D eigenvalue weighted by atomic mass is 16.4. The molecule has 0 radical (unpaired) electrons. The molecular weight excluding hydrogens is 402 g/mol. The second-order valence-electron chi connectivity index (χ2n) is 10.5. The van der Waals surface area contributed by atoms with Crippen molar-refractivity contribution < 1.29 is 24.3 Å². The molecule has 0 bridgehead atoms. The van der Waals surface area contributed by atoms with Crippen LogP contribution in [-0.4, -0.2) is 54.6 Å². The van der Waals surface area contributed by atoms with E-state index in [2.05, 4.69) is 6.92 Å². The molecule has 188 valence electrons. The maximum absolute atomic E-state index is 12.4. The Labute approximate surface area is 197 Å². The van der Waals surface area contributed by atoms with E-state index in [9.17, 15) is 19.8 Å². The number of hydrogen-bond acceptors (Lipinski definition) is 4. The number of carboxylic acid groups (broad SMARTS) is 1. The van der Waals surface area contributed by atoms with Crippen LogP contribution >= 0.6 is 0 Å². The largest absolute Gasteiger partial charge is 0.550 e. The van der Waals surface area contributed by atoms with Crippen molar-refractivity contribution in [1.29, 1.82) is 0 Å². The average Bonchev–Trinajstić information content (AvgIpc) is 2.68. The predicted molar refractivity (Wildman–Crippen MR) is 131 cm³/mol. The minimum absolute atomic E-state index is 0.0309. The molecule has 0 heterocycles. The maximum atomic E-state index is 12.4. The highest BCUT2D eigenvalue weighted by molar-refractivity contribution is 5.99. The number of allylic oxidation sites excluding steroid dienone is 1. The van der Waals surface area contributed by atoms with E-state index in [1.165, 1.54) is 89.5 Å². The molecule has 0 saturated heterocycles. The minimum Gasteiger partial charge on any atom is -0.550 e. The summed E-state index contributed by atoms with van der Waals surface area (Å²) < 4.78 is 0.294. The van der Waals surface area contributed by atoms with Gasteiger partial charge in [-0.3, -0.25) is 4.79 Å². The number of ketones is 1. The normalized spacial score (nSPS) is 14.0. The van der Waals surface area contributed by atoms with Crippen LogP contribution in [0.15, 0.2) is 12.2 Å². The van der Waals surface area contributed by atoms with E-state index in [1.54, 1.807) is 6.08 Å². The van der Waals surface area contributed by atoms with E-state index in [-0.39, 0.29) is 6.54 Å². The predicted octanol–water partition coefficient (Wildman–Crippen LogP) is 4.95. The van der Waals surface area contributed by atoms with E-state index < -0.39 is 23.8 Å². The van der Waals surface area contributed by atoms with Gasteiger partial charge in [-0.2, -0.15) is 0 Å². The Morgan fingerprint density at radius 1 is 0.781 bits per heavy atom. The zero-order chi connectivity index (χ0) is 24.3. The topological polar surface area (TPSA) is 77.4 Å². The highest BCUT2D eigenvalue weighted by Gasteiger charge is 2.39. The summed E-state index contributed by atoms with van der Waals surface area (Å²) in [6, 6.07) is 0. The highest BCUT2D eigenvalue weighted by Crippen LogP contribution is 2.17. The summed E-state index contributed by atoms with van der Waals surface area (Å²) in [6.45, 7) is 2.29. The molecule has 1 N–H and O–H groups in total. The second-order valence-corrected chi connectivity index (χ2v) is 10.5. The maximum Gasteiger partial charge on any atom is 0.193 e. The van der Waals surface area contributed by atoms with Gasteiger partial charge >= 0.3 is 0 Å². The molecule has 1 unspecified atom stereocenters. The lowest BCUT2D eigenvalue weighted by atomic mass is 9.92. The van der Waals surface area contributed by atoms with Gasteiger partial charge in [0.05, 0.1) is 21.1 Å². The number of rotatable bonds is 22. The van der Waals surface area contributed by atoms with E-state index in [4.69, 9.17) is 0 Å². The number of unbranched alkanes of at least 4 members (excludes halogenated alkanes) is 15. The van der Waals surface area contributed by atoms with Crippen molar-refractivity contribution in [2.75, 3.05) is 27.7 Å². The zero-order valence-electron chi connectivity index (χ0n) is 21.5. The number of carbonyl (C=O) groups is 2. The third-order valence-corrected chi connectivity index (χ3v) is 5.87. The summed E-state index contributed by atoms with van der Waals surface area (Å²) in [6.07, 6.45) is 23.0. The molecule has 32 heavy (non-hydrogen) atoms. The average molecular weight is 454 g/mol. The first-order chi connectivity index (χ1) is 15.1. The molecule has 0 saturated carbocycles. The lowest BCUT2D eigenvalue weighted by molar-refractivity contribution is -0.875. The molecule has 0 aliphatic rings. The number of aliphatic hydroxyl groups is 1. The molecule has 0 spiro atoms. The zero-order valence-corrected chi connectivity index (χ0v) is 21.5. The molecule has 5 nitrogen and oxygen atoms in total. The van der Waals surface area contributed by atoms with Gasteiger partial charge in [0, 0.05) is 12.4 Å². The SMILES string of the molecule is CCCCCCCCCCCCCCCCCC=CC(=O)C(O)(CC(=O)[O-])C[N+](C)(C)C. The quantitative estimate of drug-likeness (QED) is 0.143. The smallest absolute Gasteiger partial charge is 0.193 e. The standard InChI is InChI=1S/C27H51NO4/c1-5-6-7-8-9-10-11-12-13-14-15-16-17-18-19-20-21-22-25(29)27(32,23-26(30)31)24-28(2,3)4/h21-22,32H,5-20,23-24H2,1-4H3. The number of carbonyl (C=O) groups excluding carboxylic acids is 2. The Morgan fingerprint density at radius 3 is 1.56 bits per heavy atom. The molecule has 0 aliphatic carbocycles. The van der Waals surface area contributed by atoms with Crippen LogP contribution in [0, 0.1) is 0 Å². The summed E-state index contributed by atoms with van der Waals surface area (Å²) in [5.41, 5.74) is -1.91. The fraction of sp³-hybridized carbons (Fsp3) is 0.852. The van der Waals surface area contributed by atoms with Crippen LogP contribution < -0.4 is 5.11 Å². The van der Waals surface area contributed by atoms with Crippen molar-refractivity contribution in [1.82, 2.24) is 0 Å². The third-order valence-electron chi connectivity index (χ3n) is 5.87. The van der Waals surface area contributed by atoms with Crippen LogP contribution in [0.25, 0.3) is 0 Å². The van der Waals surface area contributed by atoms with Gasteiger partial charge in [-0.25, -0.2) is 0 Å².